The van der Waals surface area contributed by atoms with Crippen LogP contribution in [0.1, 0.15) is 29.7 Å². The molecule has 0 radical (unpaired) electrons. The smallest absolute Gasteiger partial charge is 0.306 e. The summed E-state index contributed by atoms with van der Waals surface area (Å²) in [6, 6.07) is 12.7. The summed E-state index contributed by atoms with van der Waals surface area (Å²) >= 11 is 5.93. The molecule has 0 bridgehead atoms. The van der Waals surface area contributed by atoms with Crippen LogP contribution in [0.2, 0.25) is 5.02 Å². The molecule has 0 unspecified atom stereocenters. The van der Waals surface area contributed by atoms with Gasteiger partial charge in [0.25, 0.3) is 0 Å². The minimum absolute atomic E-state index is 0.0611. The second-order valence-electron chi connectivity index (χ2n) is 4.85. The number of hydrogen-bond donors (Lipinski definition) is 1. The van der Waals surface area contributed by atoms with Crippen molar-refractivity contribution < 1.29 is 13.2 Å². The van der Waals surface area contributed by atoms with Gasteiger partial charge in [-0.1, -0.05) is 35.9 Å². The van der Waals surface area contributed by atoms with E-state index in [-0.39, 0.29) is 6.04 Å². The molecule has 0 spiro atoms. The third-order valence-corrected chi connectivity index (χ3v) is 3.48. The molecule has 0 aliphatic carbocycles. The summed E-state index contributed by atoms with van der Waals surface area (Å²) in [6.45, 7) is 2.47. The van der Waals surface area contributed by atoms with Crippen molar-refractivity contribution in [3.8, 4) is 0 Å². The van der Waals surface area contributed by atoms with Crippen molar-refractivity contribution in [2.75, 3.05) is 0 Å². The van der Waals surface area contributed by atoms with Gasteiger partial charge in [-0.05, 0) is 42.3 Å². The molecule has 0 saturated heterocycles. The Bertz CT molecular complexity index is 593. The molecule has 0 saturated carbocycles. The first-order valence-corrected chi connectivity index (χ1v) is 6.89. The topological polar surface area (TPSA) is 12.0 Å². The lowest BCUT2D eigenvalue weighted by Gasteiger charge is -2.15. The molecule has 2 aromatic rings. The van der Waals surface area contributed by atoms with E-state index < -0.39 is 11.7 Å². The first-order valence-electron chi connectivity index (χ1n) is 6.51. The molecule has 1 N–H and O–H groups in total. The Labute approximate surface area is 126 Å². The van der Waals surface area contributed by atoms with Gasteiger partial charge in [0, 0.05) is 17.6 Å². The monoisotopic (exact) mass is 313 g/mol. The van der Waals surface area contributed by atoms with Gasteiger partial charge >= 0.3 is 6.18 Å². The molecule has 0 fully saturated rings. The lowest BCUT2D eigenvalue weighted by atomic mass is 10.1. The van der Waals surface area contributed by atoms with E-state index in [1.807, 2.05) is 25.1 Å². The van der Waals surface area contributed by atoms with Crippen molar-refractivity contribution in [2.45, 2.75) is 25.7 Å². The van der Waals surface area contributed by atoms with Gasteiger partial charge in [-0.2, -0.15) is 13.2 Å². The zero-order valence-electron chi connectivity index (χ0n) is 11.4. The third kappa shape index (κ3) is 4.48. The fraction of sp³-hybridized carbons (Fsp3) is 0.250. The quantitative estimate of drug-likeness (QED) is 0.817. The number of benzene rings is 2. The number of halogens is 4. The van der Waals surface area contributed by atoms with Crippen LogP contribution < -0.4 is 5.32 Å². The molecule has 0 aromatic heterocycles. The summed E-state index contributed by atoms with van der Waals surface area (Å²) in [5.41, 5.74) is 1.21. The van der Waals surface area contributed by atoms with E-state index >= 15 is 0 Å². The highest BCUT2D eigenvalue weighted by Gasteiger charge is 2.29. The summed E-state index contributed by atoms with van der Waals surface area (Å²) in [5.74, 6) is 0. The molecule has 5 heteroatoms. The van der Waals surface area contributed by atoms with Crippen LogP contribution >= 0.6 is 11.6 Å². The van der Waals surface area contributed by atoms with E-state index in [0.717, 1.165) is 23.3 Å². The zero-order valence-corrected chi connectivity index (χ0v) is 12.2. The van der Waals surface area contributed by atoms with Gasteiger partial charge in [0.15, 0.2) is 0 Å². The SMILES string of the molecule is C[C@@H](NCc1ccc(C(F)(F)F)cc1)c1cccc(Cl)c1. The van der Waals surface area contributed by atoms with Gasteiger partial charge in [-0.15, -0.1) is 0 Å². The Kier molecular flexibility index (Phi) is 4.91. The maximum absolute atomic E-state index is 12.5. The predicted molar refractivity (Wildman–Crippen MR) is 78.2 cm³/mol. The Balaban J connectivity index is 1.97. The minimum atomic E-state index is -4.29. The Hall–Kier alpha value is -1.52. The summed E-state index contributed by atoms with van der Waals surface area (Å²) in [7, 11) is 0. The van der Waals surface area contributed by atoms with Crippen LogP contribution in [0.5, 0.6) is 0 Å². The number of rotatable bonds is 4. The van der Waals surface area contributed by atoms with Gasteiger partial charge in [0.1, 0.15) is 0 Å². The molecule has 1 nitrogen and oxygen atoms in total. The van der Waals surface area contributed by atoms with E-state index in [4.69, 9.17) is 11.6 Å². The highest BCUT2D eigenvalue weighted by molar-refractivity contribution is 6.30. The van der Waals surface area contributed by atoms with E-state index in [1.165, 1.54) is 12.1 Å². The molecule has 0 heterocycles. The fourth-order valence-electron chi connectivity index (χ4n) is 1.98. The van der Waals surface area contributed by atoms with Crippen molar-refractivity contribution in [1.29, 1.82) is 0 Å². The average molecular weight is 314 g/mol. The van der Waals surface area contributed by atoms with Crippen LogP contribution in [-0.4, -0.2) is 0 Å². The molecule has 112 valence electrons. The predicted octanol–water partition coefficient (Wildman–Crippen LogP) is 5.21. The molecule has 0 aliphatic heterocycles. The van der Waals surface area contributed by atoms with Crippen molar-refractivity contribution >= 4 is 11.6 Å². The molecule has 21 heavy (non-hydrogen) atoms. The lowest BCUT2D eigenvalue weighted by molar-refractivity contribution is -0.137. The number of alkyl halides is 3. The minimum Gasteiger partial charge on any atom is -0.306 e. The fourth-order valence-corrected chi connectivity index (χ4v) is 2.18. The van der Waals surface area contributed by atoms with Crippen LogP contribution in [0.25, 0.3) is 0 Å². The highest BCUT2D eigenvalue weighted by Crippen LogP contribution is 2.29. The van der Waals surface area contributed by atoms with E-state index in [2.05, 4.69) is 5.32 Å². The summed E-state index contributed by atoms with van der Waals surface area (Å²) in [6.07, 6.45) is -4.29. The van der Waals surface area contributed by atoms with Crippen LogP contribution in [0.15, 0.2) is 48.5 Å². The molecule has 0 aliphatic rings. The summed E-state index contributed by atoms with van der Waals surface area (Å²) in [5, 5.41) is 3.92. The maximum Gasteiger partial charge on any atom is 0.416 e. The maximum atomic E-state index is 12.5. The molecule has 2 aromatic carbocycles. The second-order valence-corrected chi connectivity index (χ2v) is 5.29. The van der Waals surface area contributed by atoms with Gasteiger partial charge in [-0.25, -0.2) is 0 Å². The molecular formula is C16H15ClF3N. The van der Waals surface area contributed by atoms with Crippen LogP contribution in [0.4, 0.5) is 13.2 Å². The third-order valence-electron chi connectivity index (χ3n) is 3.24. The number of hydrogen-bond acceptors (Lipinski definition) is 1. The highest BCUT2D eigenvalue weighted by atomic mass is 35.5. The van der Waals surface area contributed by atoms with E-state index in [1.54, 1.807) is 6.07 Å². The van der Waals surface area contributed by atoms with Gasteiger partial charge in [0.05, 0.1) is 5.56 Å². The normalized spacial score (nSPS) is 13.2. The molecule has 1 atom stereocenters. The van der Waals surface area contributed by atoms with Crippen molar-refractivity contribution in [3.05, 3.63) is 70.2 Å². The summed E-state index contributed by atoms with van der Waals surface area (Å²) < 4.78 is 37.4. The Morgan fingerprint density at radius 2 is 1.76 bits per heavy atom. The van der Waals surface area contributed by atoms with Gasteiger partial charge in [-0.3, -0.25) is 0 Å². The van der Waals surface area contributed by atoms with Crippen LogP contribution in [0, 0.1) is 0 Å². The van der Waals surface area contributed by atoms with Crippen molar-refractivity contribution in [2.24, 2.45) is 0 Å². The van der Waals surface area contributed by atoms with E-state index in [0.29, 0.717) is 11.6 Å². The average Bonchev–Trinajstić information content (AvgIpc) is 2.44. The van der Waals surface area contributed by atoms with Crippen LogP contribution in [-0.2, 0) is 12.7 Å². The van der Waals surface area contributed by atoms with E-state index in [9.17, 15) is 13.2 Å². The first-order chi connectivity index (χ1) is 9.86. The standard InChI is InChI=1S/C16H15ClF3N/c1-11(13-3-2-4-15(17)9-13)21-10-12-5-7-14(8-6-12)16(18,19)20/h2-9,11,21H,10H2,1H3/t11-/m1/s1. The second kappa shape index (κ2) is 6.50. The Morgan fingerprint density at radius 1 is 1.10 bits per heavy atom. The molecule has 0 amide bonds. The largest absolute Gasteiger partial charge is 0.416 e. The van der Waals surface area contributed by atoms with Gasteiger partial charge in [0.2, 0.25) is 0 Å². The van der Waals surface area contributed by atoms with Crippen LogP contribution in [0.3, 0.4) is 0 Å². The zero-order chi connectivity index (χ0) is 15.5. The lowest BCUT2D eigenvalue weighted by Crippen LogP contribution is -2.18. The van der Waals surface area contributed by atoms with Gasteiger partial charge < -0.3 is 5.32 Å². The Morgan fingerprint density at radius 3 is 2.33 bits per heavy atom. The molecular weight excluding hydrogens is 299 g/mol. The van der Waals surface area contributed by atoms with Crippen molar-refractivity contribution in [1.82, 2.24) is 5.32 Å². The molecule has 2 rings (SSSR count). The van der Waals surface area contributed by atoms with Crippen molar-refractivity contribution in [3.63, 3.8) is 0 Å². The summed E-state index contributed by atoms with van der Waals surface area (Å²) in [4.78, 5) is 0. The number of nitrogens with one attached hydrogen (secondary N) is 1. The first kappa shape index (κ1) is 15.9.